The average Bonchev–Trinajstić information content (AvgIpc) is 2.78. The molecule has 0 saturated carbocycles. The highest BCUT2D eigenvalue weighted by Crippen LogP contribution is 2.27. The zero-order valence-corrected chi connectivity index (χ0v) is 15.0. The Bertz CT molecular complexity index is 637. The first-order chi connectivity index (χ1) is 9.97. The van der Waals surface area contributed by atoms with Crippen molar-refractivity contribution in [3.05, 3.63) is 50.2 Å². The van der Waals surface area contributed by atoms with Gasteiger partial charge in [-0.1, -0.05) is 46.6 Å². The summed E-state index contributed by atoms with van der Waals surface area (Å²) in [6, 6.07) is 6.14. The molecule has 0 spiro atoms. The molecule has 2 N–H and O–H groups in total. The Balaban J connectivity index is 2.28. The molecular formula is C16H21BrClN3. The maximum atomic E-state index is 6.45. The number of hydrogen-bond donors (Lipinski definition) is 1. The largest absolute Gasteiger partial charge is 0.324 e. The maximum absolute atomic E-state index is 6.45. The Morgan fingerprint density at radius 1 is 1.38 bits per heavy atom. The van der Waals surface area contributed by atoms with Crippen LogP contribution in [-0.4, -0.2) is 9.78 Å². The first-order valence-corrected chi connectivity index (χ1v) is 8.40. The Morgan fingerprint density at radius 2 is 2.10 bits per heavy atom. The number of aryl methyl sites for hydroxylation is 3. The summed E-state index contributed by atoms with van der Waals surface area (Å²) in [5.74, 6) is 0. The van der Waals surface area contributed by atoms with E-state index >= 15 is 0 Å². The Morgan fingerprint density at radius 3 is 2.67 bits per heavy atom. The molecule has 1 heterocycles. The number of hydrogen-bond acceptors (Lipinski definition) is 2. The summed E-state index contributed by atoms with van der Waals surface area (Å²) >= 11 is 9.97. The molecule has 0 aliphatic rings. The van der Waals surface area contributed by atoms with Gasteiger partial charge in [0.1, 0.15) is 0 Å². The van der Waals surface area contributed by atoms with Gasteiger partial charge in [0, 0.05) is 23.5 Å². The molecule has 0 saturated heterocycles. The number of halogens is 2. The minimum Gasteiger partial charge on any atom is -0.324 e. The highest BCUT2D eigenvalue weighted by molar-refractivity contribution is 9.10. The van der Waals surface area contributed by atoms with Crippen molar-refractivity contribution in [1.82, 2.24) is 9.78 Å². The minimum absolute atomic E-state index is 0.0824. The van der Waals surface area contributed by atoms with E-state index in [0.29, 0.717) is 6.42 Å². The molecule has 0 amide bonds. The fraction of sp³-hybridized carbons (Fsp3) is 0.438. The number of nitrogens with zero attached hydrogens (tertiary/aromatic N) is 2. The number of benzene rings is 1. The molecular weight excluding hydrogens is 350 g/mol. The molecule has 0 radical (unpaired) electrons. The summed E-state index contributed by atoms with van der Waals surface area (Å²) in [5, 5.41) is 5.31. The second kappa shape index (κ2) is 6.95. The third-order valence-corrected chi connectivity index (χ3v) is 5.04. The van der Waals surface area contributed by atoms with Crippen LogP contribution in [0.2, 0.25) is 5.02 Å². The van der Waals surface area contributed by atoms with E-state index < -0.39 is 0 Å². The zero-order valence-electron chi connectivity index (χ0n) is 12.7. The Labute approximate surface area is 139 Å². The lowest BCUT2D eigenvalue weighted by atomic mass is 10.0. The van der Waals surface area contributed by atoms with E-state index in [0.717, 1.165) is 39.4 Å². The third kappa shape index (κ3) is 3.50. The van der Waals surface area contributed by atoms with E-state index in [1.54, 1.807) is 0 Å². The molecule has 1 aromatic heterocycles. The van der Waals surface area contributed by atoms with Gasteiger partial charge in [0.15, 0.2) is 0 Å². The van der Waals surface area contributed by atoms with Crippen LogP contribution in [0.1, 0.15) is 42.4 Å². The topological polar surface area (TPSA) is 43.8 Å². The molecule has 0 aliphatic heterocycles. The summed E-state index contributed by atoms with van der Waals surface area (Å²) in [6.07, 6.45) is 1.53. The van der Waals surface area contributed by atoms with Crippen LogP contribution in [0.3, 0.4) is 0 Å². The first kappa shape index (κ1) is 16.5. The lowest BCUT2D eigenvalue weighted by Gasteiger charge is -2.14. The summed E-state index contributed by atoms with van der Waals surface area (Å²) in [7, 11) is 0. The number of rotatable bonds is 5. The van der Waals surface area contributed by atoms with Crippen molar-refractivity contribution >= 4 is 27.5 Å². The standard InChI is InChI=1S/C16H21BrClN3/c1-4-14-16(18)15(21(5-2)20-14)9-13(19)11-6-7-12(17)10(3)8-11/h6-8,13H,4-5,9,19H2,1-3H3. The van der Waals surface area contributed by atoms with Gasteiger partial charge in [-0.3, -0.25) is 4.68 Å². The summed E-state index contributed by atoms with van der Waals surface area (Å²) in [4.78, 5) is 0. The van der Waals surface area contributed by atoms with Crippen molar-refractivity contribution in [3.8, 4) is 0 Å². The zero-order chi connectivity index (χ0) is 15.6. The van der Waals surface area contributed by atoms with Crippen molar-refractivity contribution in [2.75, 3.05) is 0 Å². The van der Waals surface area contributed by atoms with Gasteiger partial charge in [0.05, 0.1) is 16.4 Å². The van der Waals surface area contributed by atoms with Crippen LogP contribution in [0.5, 0.6) is 0 Å². The van der Waals surface area contributed by atoms with Gasteiger partial charge in [0.2, 0.25) is 0 Å². The van der Waals surface area contributed by atoms with Gasteiger partial charge < -0.3 is 5.73 Å². The lowest BCUT2D eigenvalue weighted by Crippen LogP contribution is -2.16. The molecule has 114 valence electrons. The van der Waals surface area contributed by atoms with Crippen LogP contribution in [-0.2, 0) is 19.4 Å². The Hall–Kier alpha value is -0.840. The molecule has 2 rings (SSSR count). The van der Waals surface area contributed by atoms with Crippen LogP contribution in [0.4, 0.5) is 0 Å². The maximum Gasteiger partial charge on any atom is 0.0850 e. The van der Waals surface area contributed by atoms with Gasteiger partial charge >= 0.3 is 0 Å². The van der Waals surface area contributed by atoms with Gasteiger partial charge in [-0.15, -0.1) is 0 Å². The van der Waals surface area contributed by atoms with E-state index in [1.165, 1.54) is 5.56 Å². The second-order valence-electron chi connectivity index (χ2n) is 5.20. The van der Waals surface area contributed by atoms with Crippen LogP contribution in [0, 0.1) is 6.92 Å². The van der Waals surface area contributed by atoms with Crippen molar-refractivity contribution < 1.29 is 0 Å². The minimum atomic E-state index is -0.0824. The summed E-state index contributed by atoms with van der Waals surface area (Å²) < 4.78 is 3.07. The van der Waals surface area contributed by atoms with Crippen LogP contribution >= 0.6 is 27.5 Å². The van der Waals surface area contributed by atoms with E-state index in [-0.39, 0.29) is 6.04 Å². The molecule has 1 aromatic carbocycles. The van der Waals surface area contributed by atoms with Crippen molar-refractivity contribution in [2.45, 2.75) is 46.2 Å². The van der Waals surface area contributed by atoms with Crippen molar-refractivity contribution in [3.63, 3.8) is 0 Å². The van der Waals surface area contributed by atoms with Crippen LogP contribution in [0.15, 0.2) is 22.7 Å². The normalized spacial score (nSPS) is 12.7. The highest BCUT2D eigenvalue weighted by Gasteiger charge is 2.18. The third-order valence-electron chi connectivity index (χ3n) is 3.72. The van der Waals surface area contributed by atoms with Crippen LogP contribution in [0.25, 0.3) is 0 Å². The molecule has 5 heteroatoms. The lowest BCUT2D eigenvalue weighted by molar-refractivity contribution is 0.585. The van der Waals surface area contributed by atoms with Crippen molar-refractivity contribution in [2.24, 2.45) is 5.73 Å². The van der Waals surface area contributed by atoms with E-state index in [9.17, 15) is 0 Å². The predicted molar refractivity (Wildman–Crippen MR) is 91.8 cm³/mol. The van der Waals surface area contributed by atoms with Gasteiger partial charge in [0.25, 0.3) is 0 Å². The number of nitrogens with two attached hydrogens (primary N) is 1. The molecule has 1 unspecified atom stereocenters. The van der Waals surface area contributed by atoms with Crippen LogP contribution < -0.4 is 5.73 Å². The van der Waals surface area contributed by atoms with E-state index in [1.807, 2.05) is 10.7 Å². The first-order valence-electron chi connectivity index (χ1n) is 7.23. The monoisotopic (exact) mass is 369 g/mol. The molecule has 2 aromatic rings. The van der Waals surface area contributed by atoms with E-state index in [4.69, 9.17) is 17.3 Å². The average molecular weight is 371 g/mol. The van der Waals surface area contributed by atoms with Gasteiger partial charge in [-0.25, -0.2) is 0 Å². The van der Waals surface area contributed by atoms with Gasteiger partial charge in [-0.05, 0) is 37.5 Å². The van der Waals surface area contributed by atoms with Gasteiger partial charge in [-0.2, -0.15) is 5.10 Å². The number of aromatic nitrogens is 2. The summed E-state index contributed by atoms with van der Waals surface area (Å²) in [6.45, 7) is 7.01. The molecule has 0 aliphatic carbocycles. The fourth-order valence-electron chi connectivity index (χ4n) is 2.44. The second-order valence-corrected chi connectivity index (χ2v) is 6.43. The Kier molecular flexibility index (Phi) is 5.47. The quantitative estimate of drug-likeness (QED) is 0.846. The fourth-order valence-corrected chi connectivity index (χ4v) is 3.03. The molecule has 3 nitrogen and oxygen atoms in total. The molecule has 21 heavy (non-hydrogen) atoms. The molecule has 0 fully saturated rings. The molecule has 0 bridgehead atoms. The van der Waals surface area contributed by atoms with Crippen molar-refractivity contribution in [1.29, 1.82) is 0 Å². The summed E-state index contributed by atoms with van der Waals surface area (Å²) in [5.41, 5.74) is 10.7. The predicted octanol–water partition coefficient (Wildman–Crippen LogP) is 4.43. The molecule has 1 atom stereocenters. The highest BCUT2D eigenvalue weighted by atomic mass is 79.9. The smallest absolute Gasteiger partial charge is 0.0850 e. The van der Waals surface area contributed by atoms with E-state index in [2.05, 4.69) is 53.9 Å². The SMILES string of the molecule is CCc1nn(CC)c(CC(N)c2ccc(Br)c(C)c2)c1Cl.